The largest absolute Gasteiger partial charge is 0.350 e. The minimum atomic E-state index is -0.474. The molecule has 9 heteroatoms. The molecule has 4 rings (SSSR count). The van der Waals surface area contributed by atoms with Crippen LogP contribution in [0.1, 0.15) is 21.5 Å². The molecule has 0 saturated heterocycles. The molecule has 28 heavy (non-hydrogen) atoms. The predicted octanol–water partition coefficient (Wildman–Crippen LogP) is 2.20. The molecule has 0 radical (unpaired) electrons. The monoisotopic (exact) mass is 377 g/mol. The topological polar surface area (TPSA) is 97.1 Å². The molecule has 0 aliphatic carbocycles. The second kappa shape index (κ2) is 7.78. The third-order valence-electron chi connectivity index (χ3n) is 4.10. The SMILES string of the molecule is O=C(NCc1ccc(CNc2ncc(F)cn2)cc1)c1ccc2nncn2c1. The first kappa shape index (κ1) is 17.5. The fourth-order valence-corrected chi connectivity index (χ4v) is 2.61. The van der Waals surface area contributed by atoms with Crippen LogP contribution >= 0.6 is 0 Å². The fraction of sp³-hybridized carbons (Fsp3) is 0.105. The summed E-state index contributed by atoms with van der Waals surface area (Å²) in [7, 11) is 0. The number of rotatable bonds is 6. The zero-order valence-electron chi connectivity index (χ0n) is 14.7. The maximum absolute atomic E-state index is 12.8. The Kier molecular flexibility index (Phi) is 4.87. The van der Waals surface area contributed by atoms with Gasteiger partial charge in [-0.1, -0.05) is 24.3 Å². The van der Waals surface area contributed by atoms with Gasteiger partial charge < -0.3 is 10.6 Å². The average molecular weight is 377 g/mol. The minimum absolute atomic E-state index is 0.171. The van der Waals surface area contributed by atoms with E-state index in [1.807, 2.05) is 24.3 Å². The highest BCUT2D eigenvalue weighted by Crippen LogP contribution is 2.08. The highest BCUT2D eigenvalue weighted by molar-refractivity contribution is 5.94. The Labute approximate surface area is 159 Å². The van der Waals surface area contributed by atoms with Crippen LogP contribution in [0.3, 0.4) is 0 Å². The van der Waals surface area contributed by atoms with Crippen molar-refractivity contribution in [3.63, 3.8) is 0 Å². The average Bonchev–Trinajstić information content (AvgIpc) is 3.20. The number of amides is 1. The number of hydrogen-bond acceptors (Lipinski definition) is 6. The van der Waals surface area contributed by atoms with Crippen LogP contribution in [0.4, 0.5) is 10.3 Å². The fourth-order valence-electron chi connectivity index (χ4n) is 2.61. The third kappa shape index (κ3) is 4.09. The number of hydrogen-bond donors (Lipinski definition) is 2. The van der Waals surface area contributed by atoms with Crippen molar-refractivity contribution in [2.45, 2.75) is 13.1 Å². The van der Waals surface area contributed by atoms with Crippen molar-refractivity contribution >= 4 is 17.5 Å². The number of fused-ring (bicyclic) bond motifs is 1. The normalized spacial score (nSPS) is 10.8. The molecule has 0 fully saturated rings. The summed E-state index contributed by atoms with van der Waals surface area (Å²) in [5.41, 5.74) is 3.21. The molecule has 8 nitrogen and oxygen atoms in total. The Bertz CT molecular complexity index is 1090. The van der Waals surface area contributed by atoms with Crippen molar-refractivity contribution < 1.29 is 9.18 Å². The first-order valence-electron chi connectivity index (χ1n) is 8.54. The van der Waals surface area contributed by atoms with Crippen LogP contribution in [-0.2, 0) is 13.1 Å². The summed E-state index contributed by atoms with van der Waals surface area (Å²) in [5.74, 6) is -0.281. The summed E-state index contributed by atoms with van der Waals surface area (Å²) in [6, 6.07) is 11.2. The molecule has 0 atom stereocenters. The van der Waals surface area contributed by atoms with Crippen LogP contribution in [0.5, 0.6) is 0 Å². The van der Waals surface area contributed by atoms with Gasteiger partial charge in [-0.05, 0) is 23.3 Å². The number of aromatic nitrogens is 5. The van der Waals surface area contributed by atoms with Crippen LogP contribution in [-0.4, -0.2) is 30.5 Å². The highest BCUT2D eigenvalue weighted by Gasteiger charge is 2.07. The summed E-state index contributed by atoms with van der Waals surface area (Å²) >= 11 is 0. The first-order chi connectivity index (χ1) is 13.7. The maximum Gasteiger partial charge on any atom is 0.253 e. The molecular weight excluding hydrogens is 361 g/mol. The van der Waals surface area contributed by atoms with Crippen LogP contribution < -0.4 is 10.6 Å². The van der Waals surface area contributed by atoms with Crippen molar-refractivity contribution in [2.75, 3.05) is 5.32 Å². The molecule has 1 aromatic carbocycles. The lowest BCUT2D eigenvalue weighted by Crippen LogP contribution is -2.23. The van der Waals surface area contributed by atoms with Gasteiger partial charge in [0.25, 0.3) is 5.91 Å². The summed E-state index contributed by atoms with van der Waals surface area (Å²) in [5, 5.41) is 13.6. The van der Waals surface area contributed by atoms with E-state index >= 15 is 0 Å². The Balaban J connectivity index is 1.31. The van der Waals surface area contributed by atoms with Gasteiger partial charge in [0, 0.05) is 19.3 Å². The zero-order chi connectivity index (χ0) is 19.3. The van der Waals surface area contributed by atoms with E-state index in [1.165, 1.54) is 0 Å². The third-order valence-corrected chi connectivity index (χ3v) is 4.10. The van der Waals surface area contributed by atoms with Gasteiger partial charge in [-0.15, -0.1) is 10.2 Å². The smallest absolute Gasteiger partial charge is 0.253 e. The van der Waals surface area contributed by atoms with E-state index in [-0.39, 0.29) is 5.91 Å². The zero-order valence-corrected chi connectivity index (χ0v) is 14.7. The van der Waals surface area contributed by atoms with E-state index < -0.39 is 5.82 Å². The Morgan fingerprint density at radius 2 is 1.71 bits per heavy atom. The number of nitrogens with zero attached hydrogens (tertiary/aromatic N) is 5. The van der Waals surface area contributed by atoms with Gasteiger partial charge in [-0.25, -0.2) is 14.4 Å². The van der Waals surface area contributed by atoms with Crippen molar-refractivity contribution in [1.82, 2.24) is 29.9 Å². The summed E-state index contributed by atoms with van der Waals surface area (Å²) in [4.78, 5) is 20.0. The molecular formula is C19H16FN7O. The van der Waals surface area contributed by atoms with Gasteiger partial charge in [-0.2, -0.15) is 0 Å². The van der Waals surface area contributed by atoms with Crippen molar-refractivity contribution in [1.29, 1.82) is 0 Å². The number of pyridine rings is 1. The van der Waals surface area contributed by atoms with E-state index in [2.05, 4.69) is 30.8 Å². The van der Waals surface area contributed by atoms with Crippen molar-refractivity contribution in [2.24, 2.45) is 0 Å². The quantitative estimate of drug-likeness (QED) is 0.535. The minimum Gasteiger partial charge on any atom is -0.350 e. The highest BCUT2D eigenvalue weighted by atomic mass is 19.1. The molecule has 4 aromatic rings. The number of carbonyl (C=O) groups excluding carboxylic acids is 1. The lowest BCUT2D eigenvalue weighted by atomic mass is 10.1. The Morgan fingerprint density at radius 1 is 1.00 bits per heavy atom. The van der Waals surface area contributed by atoms with Crippen molar-refractivity contribution in [3.05, 3.63) is 83.8 Å². The summed E-state index contributed by atoms with van der Waals surface area (Å²) in [6.07, 6.45) is 5.47. The lowest BCUT2D eigenvalue weighted by Gasteiger charge is -2.08. The van der Waals surface area contributed by atoms with Gasteiger partial charge in [-0.3, -0.25) is 9.20 Å². The van der Waals surface area contributed by atoms with E-state index in [4.69, 9.17) is 0 Å². The van der Waals surface area contributed by atoms with Gasteiger partial charge in [0.05, 0.1) is 18.0 Å². The van der Waals surface area contributed by atoms with E-state index in [9.17, 15) is 9.18 Å². The van der Waals surface area contributed by atoms with Crippen molar-refractivity contribution in [3.8, 4) is 0 Å². The van der Waals surface area contributed by atoms with E-state index in [0.29, 0.717) is 30.2 Å². The predicted molar refractivity (Wildman–Crippen MR) is 99.9 cm³/mol. The standard InChI is InChI=1S/C19H16FN7O/c20-16-9-23-19(24-10-16)22-8-14-3-1-13(2-4-14)7-21-18(28)15-5-6-17-26-25-12-27(17)11-15/h1-6,9-12H,7-8H2,(H,21,28)(H,22,23,24). The number of nitrogens with one attached hydrogen (secondary N) is 2. The molecule has 3 aromatic heterocycles. The number of anilines is 1. The first-order valence-corrected chi connectivity index (χ1v) is 8.54. The molecule has 3 heterocycles. The molecule has 0 saturated carbocycles. The maximum atomic E-state index is 12.8. The molecule has 0 aliphatic heterocycles. The second-order valence-corrected chi connectivity index (χ2v) is 6.09. The molecule has 0 spiro atoms. The Morgan fingerprint density at radius 3 is 2.46 bits per heavy atom. The number of benzene rings is 1. The van der Waals surface area contributed by atoms with Crippen LogP contribution in [0, 0.1) is 5.82 Å². The summed E-state index contributed by atoms with van der Waals surface area (Å²) in [6.45, 7) is 0.922. The molecule has 0 aliphatic rings. The number of halogens is 1. The van der Waals surface area contributed by atoms with Gasteiger partial charge >= 0.3 is 0 Å². The van der Waals surface area contributed by atoms with E-state index in [0.717, 1.165) is 23.5 Å². The van der Waals surface area contributed by atoms with Gasteiger partial charge in [0.15, 0.2) is 11.5 Å². The summed E-state index contributed by atoms with van der Waals surface area (Å²) < 4.78 is 14.5. The lowest BCUT2D eigenvalue weighted by molar-refractivity contribution is 0.0950. The van der Waals surface area contributed by atoms with Gasteiger partial charge in [0.1, 0.15) is 6.33 Å². The molecule has 1 amide bonds. The molecule has 0 bridgehead atoms. The molecule has 0 unspecified atom stereocenters. The second-order valence-electron chi connectivity index (χ2n) is 6.09. The molecule has 140 valence electrons. The van der Waals surface area contributed by atoms with E-state index in [1.54, 1.807) is 29.1 Å². The van der Waals surface area contributed by atoms with Gasteiger partial charge in [0.2, 0.25) is 5.95 Å². The van der Waals surface area contributed by atoms with Crippen LogP contribution in [0.2, 0.25) is 0 Å². The number of carbonyl (C=O) groups is 1. The Hall–Kier alpha value is -3.88. The molecule has 2 N–H and O–H groups in total. The van der Waals surface area contributed by atoms with Crippen LogP contribution in [0.25, 0.3) is 5.65 Å². The van der Waals surface area contributed by atoms with Crippen LogP contribution in [0.15, 0.2) is 61.3 Å².